The van der Waals surface area contributed by atoms with Gasteiger partial charge in [-0.25, -0.2) is 9.37 Å². The first-order valence-electron chi connectivity index (χ1n) is 7.38. The molecule has 1 aromatic heterocycles. The van der Waals surface area contributed by atoms with Gasteiger partial charge in [0.1, 0.15) is 11.6 Å². The van der Waals surface area contributed by atoms with Gasteiger partial charge < -0.3 is 10.6 Å². The summed E-state index contributed by atoms with van der Waals surface area (Å²) >= 11 is 0. The van der Waals surface area contributed by atoms with Gasteiger partial charge in [0.15, 0.2) is 0 Å². The molecule has 2 rings (SSSR count). The van der Waals surface area contributed by atoms with Gasteiger partial charge in [-0.1, -0.05) is 25.7 Å². The highest BCUT2D eigenvalue weighted by molar-refractivity contribution is 5.98. The summed E-state index contributed by atoms with van der Waals surface area (Å²) in [5.74, 6) is 0.417. The molecule has 1 saturated carbocycles. The van der Waals surface area contributed by atoms with E-state index in [1.54, 1.807) is 0 Å². The number of aromatic nitrogens is 1. The Balaban J connectivity index is 1.91. The molecule has 2 N–H and O–H groups in total. The molecule has 20 heavy (non-hydrogen) atoms. The molecule has 0 unspecified atom stereocenters. The van der Waals surface area contributed by atoms with Crippen molar-refractivity contribution in [3.05, 3.63) is 23.6 Å². The average molecular weight is 279 g/mol. The van der Waals surface area contributed by atoms with Crippen LogP contribution in [0.3, 0.4) is 0 Å². The monoisotopic (exact) mass is 279 g/mol. The van der Waals surface area contributed by atoms with Gasteiger partial charge in [-0.2, -0.15) is 0 Å². The summed E-state index contributed by atoms with van der Waals surface area (Å²) in [7, 11) is 0. The van der Waals surface area contributed by atoms with Crippen LogP contribution in [0.15, 0.2) is 12.3 Å². The van der Waals surface area contributed by atoms with E-state index in [2.05, 4.69) is 15.6 Å². The molecule has 0 bridgehead atoms. The Hall–Kier alpha value is -1.65. The minimum absolute atomic E-state index is 0.258. The number of pyridine rings is 1. The lowest BCUT2D eigenvalue weighted by molar-refractivity contribution is 0.0951. The van der Waals surface area contributed by atoms with Crippen molar-refractivity contribution in [2.75, 3.05) is 18.4 Å². The number of halogens is 1. The van der Waals surface area contributed by atoms with E-state index in [-0.39, 0.29) is 11.5 Å². The SMILES string of the molecule is CCNc1ncc(F)cc1C(=O)NCCC1CCCC1. The quantitative estimate of drug-likeness (QED) is 0.841. The summed E-state index contributed by atoms with van der Waals surface area (Å²) < 4.78 is 13.2. The average Bonchev–Trinajstić information content (AvgIpc) is 2.94. The summed E-state index contributed by atoms with van der Waals surface area (Å²) in [6.45, 7) is 3.19. The van der Waals surface area contributed by atoms with Crippen molar-refractivity contribution in [2.24, 2.45) is 5.92 Å². The first-order chi connectivity index (χ1) is 9.70. The van der Waals surface area contributed by atoms with Gasteiger partial charge in [0.05, 0.1) is 11.8 Å². The molecule has 0 saturated heterocycles. The molecule has 1 amide bonds. The second-order valence-electron chi connectivity index (χ2n) is 5.28. The van der Waals surface area contributed by atoms with E-state index < -0.39 is 5.82 Å². The van der Waals surface area contributed by atoms with Crippen molar-refractivity contribution in [3.8, 4) is 0 Å². The third-order valence-electron chi connectivity index (χ3n) is 3.76. The van der Waals surface area contributed by atoms with Crippen LogP contribution in [0.5, 0.6) is 0 Å². The van der Waals surface area contributed by atoms with Crippen LogP contribution in [0.4, 0.5) is 10.2 Å². The summed E-state index contributed by atoms with van der Waals surface area (Å²) in [5, 5.41) is 5.84. The van der Waals surface area contributed by atoms with E-state index in [0.717, 1.165) is 18.5 Å². The van der Waals surface area contributed by atoms with Crippen molar-refractivity contribution in [2.45, 2.75) is 39.0 Å². The second kappa shape index (κ2) is 7.22. The number of anilines is 1. The maximum absolute atomic E-state index is 13.2. The predicted molar refractivity (Wildman–Crippen MR) is 77.3 cm³/mol. The maximum atomic E-state index is 13.2. The lowest BCUT2D eigenvalue weighted by atomic mass is 10.0. The number of nitrogens with one attached hydrogen (secondary N) is 2. The standard InChI is InChI=1S/C15H22FN3O/c1-2-17-14-13(9-12(16)10-19-14)15(20)18-8-7-11-5-3-4-6-11/h9-11H,2-8H2,1H3,(H,17,19)(H,18,20). The molecule has 1 aliphatic rings. The Labute approximate surface area is 119 Å². The second-order valence-corrected chi connectivity index (χ2v) is 5.28. The molecule has 0 radical (unpaired) electrons. The van der Waals surface area contributed by atoms with Crippen molar-refractivity contribution >= 4 is 11.7 Å². The maximum Gasteiger partial charge on any atom is 0.255 e. The molecule has 0 aromatic carbocycles. The zero-order valence-electron chi connectivity index (χ0n) is 11.9. The lowest BCUT2D eigenvalue weighted by Crippen LogP contribution is -2.27. The van der Waals surface area contributed by atoms with Gasteiger partial charge in [0.25, 0.3) is 5.91 Å². The summed E-state index contributed by atoms with van der Waals surface area (Å²) in [4.78, 5) is 16.0. The van der Waals surface area contributed by atoms with Crippen LogP contribution in [0, 0.1) is 11.7 Å². The lowest BCUT2D eigenvalue weighted by Gasteiger charge is -2.12. The van der Waals surface area contributed by atoms with E-state index in [1.807, 2.05) is 6.92 Å². The van der Waals surface area contributed by atoms with Crippen molar-refractivity contribution in [3.63, 3.8) is 0 Å². The minimum Gasteiger partial charge on any atom is -0.370 e. The van der Waals surface area contributed by atoms with E-state index in [0.29, 0.717) is 18.9 Å². The normalized spacial score (nSPS) is 15.3. The fourth-order valence-corrected chi connectivity index (χ4v) is 2.70. The number of amides is 1. The van der Waals surface area contributed by atoms with Crippen LogP contribution in [-0.4, -0.2) is 24.0 Å². The van der Waals surface area contributed by atoms with Crippen LogP contribution in [0.1, 0.15) is 49.4 Å². The number of rotatable bonds is 6. The Kier molecular flexibility index (Phi) is 5.32. The van der Waals surface area contributed by atoms with Gasteiger partial charge in [0, 0.05) is 13.1 Å². The molecule has 5 heteroatoms. The Morgan fingerprint density at radius 1 is 1.45 bits per heavy atom. The highest BCUT2D eigenvalue weighted by Crippen LogP contribution is 2.27. The molecule has 1 aliphatic carbocycles. The molecule has 1 heterocycles. The van der Waals surface area contributed by atoms with Crippen molar-refractivity contribution < 1.29 is 9.18 Å². The van der Waals surface area contributed by atoms with E-state index in [4.69, 9.17) is 0 Å². The third-order valence-corrected chi connectivity index (χ3v) is 3.76. The number of carbonyl (C=O) groups excluding carboxylic acids is 1. The molecular formula is C15H22FN3O. The van der Waals surface area contributed by atoms with Crippen molar-refractivity contribution in [1.29, 1.82) is 0 Å². The predicted octanol–water partition coefficient (Wildman–Crippen LogP) is 2.96. The third kappa shape index (κ3) is 3.92. The number of carbonyl (C=O) groups is 1. The summed E-state index contributed by atoms with van der Waals surface area (Å²) in [6.07, 6.45) is 7.26. The summed E-state index contributed by atoms with van der Waals surface area (Å²) in [6, 6.07) is 1.23. The molecule has 0 aliphatic heterocycles. The molecule has 1 fully saturated rings. The fourth-order valence-electron chi connectivity index (χ4n) is 2.70. The molecule has 110 valence electrons. The van der Waals surface area contributed by atoms with Crippen LogP contribution in [0.2, 0.25) is 0 Å². The molecule has 4 nitrogen and oxygen atoms in total. The fraction of sp³-hybridized carbons (Fsp3) is 0.600. The Morgan fingerprint density at radius 2 is 2.20 bits per heavy atom. The van der Waals surface area contributed by atoms with Crippen LogP contribution < -0.4 is 10.6 Å². The van der Waals surface area contributed by atoms with Gasteiger partial charge in [-0.3, -0.25) is 4.79 Å². The van der Waals surface area contributed by atoms with Crippen LogP contribution in [-0.2, 0) is 0 Å². The highest BCUT2D eigenvalue weighted by Gasteiger charge is 2.16. The first kappa shape index (κ1) is 14.8. The first-order valence-corrected chi connectivity index (χ1v) is 7.38. The van der Waals surface area contributed by atoms with Crippen LogP contribution in [0.25, 0.3) is 0 Å². The Bertz CT molecular complexity index is 458. The van der Waals surface area contributed by atoms with E-state index >= 15 is 0 Å². The molecule has 0 atom stereocenters. The largest absolute Gasteiger partial charge is 0.370 e. The van der Waals surface area contributed by atoms with Gasteiger partial charge in [0.2, 0.25) is 0 Å². The topological polar surface area (TPSA) is 54.0 Å². The number of hydrogen-bond acceptors (Lipinski definition) is 3. The van der Waals surface area contributed by atoms with Crippen molar-refractivity contribution in [1.82, 2.24) is 10.3 Å². The van der Waals surface area contributed by atoms with E-state index in [9.17, 15) is 9.18 Å². The zero-order valence-corrected chi connectivity index (χ0v) is 11.9. The summed E-state index contributed by atoms with van der Waals surface area (Å²) in [5.41, 5.74) is 0.276. The number of nitrogens with zero attached hydrogens (tertiary/aromatic N) is 1. The molecule has 1 aromatic rings. The van der Waals surface area contributed by atoms with Crippen LogP contribution >= 0.6 is 0 Å². The zero-order chi connectivity index (χ0) is 14.4. The van der Waals surface area contributed by atoms with Gasteiger partial charge in [-0.05, 0) is 25.3 Å². The number of hydrogen-bond donors (Lipinski definition) is 2. The smallest absolute Gasteiger partial charge is 0.255 e. The Morgan fingerprint density at radius 3 is 2.90 bits per heavy atom. The van der Waals surface area contributed by atoms with Gasteiger partial charge in [-0.15, -0.1) is 0 Å². The molecule has 0 spiro atoms. The minimum atomic E-state index is -0.493. The van der Waals surface area contributed by atoms with Gasteiger partial charge >= 0.3 is 0 Å². The van der Waals surface area contributed by atoms with E-state index in [1.165, 1.54) is 31.7 Å². The highest BCUT2D eigenvalue weighted by atomic mass is 19.1. The molecular weight excluding hydrogens is 257 g/mol.